The van der Waals surface area contributed by atoms with E-state index < -0.39 is 11.8 Å². The topological polar surface area (TPSA) is 75.4 Å². The van der Waals surface area contributed by atoms with Crippen molar-refractivity contribution >= 4 is 11.8 Å². The molecule has 0 spiro atoms. The monoisotopic (exact) mass is 289 g/mol. The Morgan fingerprint density at radius 2 is 1.95 bits per heavy atom. The van der Waals surface area contributed by atoms with E-state index in [0.717, 1.165) is 24.0 Å². The van der Waals surface area contributed by atoms with Gasteiger partial charge in [0.1, 0.15) is 0 Å². The van der Waals surface area contributed by atoms with Crippen molar-refractivity contribution in [2.24, 2.45) is 11.7 Å². The summed E-state index contributed by atoms with van der Waals surface area (Å²) in [6.45, 7) is 4.34. The van der Waals surface area contributed by atoms with E-state index in [9.17, 15) is 9.59 Å². The summed E-state index contributed by atoms with van der Waals surface area (Å²) >= 11 is 0. The minimum Gasteiger partial charge on any atom is -0.344 e. The third-order valence-corrected chi connectivity index (χ3v) is 3.95. The molecule has 1 fully saturated rings. The molecule has 5 heteroatoms. The Labute approximate surface area is 125 Å². The van der Waals surface area contributed by atoms with Crippen LogP contribution in [0.3, 0.4) is 0 Å². The fourth-order valence-electron chi connectivity index (χ4n) is 2.48. The molecule has 1 aromatic rings. The molecule has 1 aliphatic heterocycles. The molecule has 0 atom stereocenters. The number of piperidine rings is 1. The lowest BCUT2D eigenvalue weighted by Gasteiger charge is -2.29. The second-order valence-electron chi connectivity index (χ2n) is 5.68. The van der Waals surface area contributed by atoms with E-state index >= 15 is 0 Å². The number of rotatable bonds is 3. The lowest BCUT2D eigenvalue weighted by atomic mass is 9.99. The molecule has 1 saturated heterocycles. The average Bonchev–Trinajstić information content (AvgIpc) is 2.53. The van der Waals surface area contributed by atoms with Gasteiger partial charge in [-0.25, -0.2) is 0 Å². The highest BCUT2D eigenvalue weighted by Gasteiger charge is 2.25. The largest absolute Gasteiger partial charge is 0.344 e. The molecule has 21 heavy (non-hydrogen) atoms. The first kappa shape index (κ1) is 15.5. The molecule has 0 radical (unpaired) electrons. The van der Waals surface area contributed by atoms with Gasteiger partial charge in [0.05, 0.1) is 0 Å². The lowest BCUT2D eigenvalue weighted by molar-refractivity contribution is -0.146. The molecular formula is C16H23N3O2. The predicted molar refractivity (Wildman–Crippen MR) is 81.2 cm³/mol. The van der Waals surface area contributed by atoms with Crippen LogP contribution in [-0.4, -0.2) is 29.8 Å². The SMILES string of the molecule is CC1CCN(C(=O)C(=O)NCc2cccc(CN)c2)CC1. The predicted octanol–water partition coefficient (Wildman–Crippen LogP) is 1.02. The first-order chi connectivity index (χ1) is 10.1. The van der Waals surface area contributed by atoms with Gasteiger partial charge < -0.3 is 16.0 Å². The van der Waals surface area contributed by atoms with Crippen molar-refractivity contribution < 1.29 is 9.59 Å². The quantitative estimate of drug-likeness (QED) is 0.816. The van der Waals surface area contributed by atoms with Crippen molar-refractivity contribution in [2.45, 2.75) is 32.9 Å². The van der Waals surface area contributed by atoms with Gasteiger partial charge in [-0.2, -0.15) is 0 Å². The van der Waals surface area contributed by atoms with Crippen LogP contribution < -0.4 is 11.1 Å². The van der Waals surface area contributed by atoms with Crippen molar-refractivity contribution in [1.29, 1.82) is 0 Å². The summed E-state index contributed by atoms with van der Waals surface area (Å²) in [5, 5.41) is 2.69. The Hall–Kier alpha value is -1.88. The summed E-state index contributed by atoms with van der Waals surface area (Å²) in [7, 11) is 0. The molecule has 2 rings (SSSR count). The van der Waals surface area contributed by atoms with Gasteiger partial charge in [0.15, 0.2) is 0 Å². The Bertz CT molecular complexity index is 508. The van der Waals surface area contributed by atoms with Crippen LogP contribution in [0.2, 0.25) is 0 Å². The number of nitrogens with one attached hydrogen (secondary N) is 1. The Balaban J connectivity index is 1.84. The highest BCUT2D eigenvalue weighted by molar-refractivity contribution is 6.34. The van der Waals surface area contributed by atoms with Crippen LogP contribution in [0.5, 0.6) is 0 Å². The Morgan fingerprint density at radius 1 is 1.29 bits per heavy atom. The number of amides is 2. The second-order valence-corrected chi connectivity index (χ2v) is 5.68. The van der Waals surface area contributed by atoms with Gasteiger partial charge >= 0.3 is 11.8 Å². The van der Waals surface area contributed by atoms with Crippen LogP contribution in [0.15, 0.2) is 24.3 Å². The highest BCUT2D eigenvalue weighted by atomic mass is 16.2. The van der Waals surface area contributed by atoms with Crippen LogP contribution in [0.1, 0.15) is 30.9 Å². The van der Waals surface area contributed by atoms with E-state index in [1.54, 1.807) is 4.90 Å². The number of hydrogen-bond donors (Lipinski definition) is 2. The van der Waals surface area contributed by atoms with Crippen molar-refractivity contribution in [3.63, 3.8) is 0 Å². The molecule has 0 unspecified atom stereocenters. The zero-order valence-electron chi connectivity index (χ0n) is 12.5. The molecule has 0 saturated carbocycles. The van der Waals surface area contributed by atoms with Gasteiger partial charge in [-0.1, -0.05) is 31.2 Å². The van der Waals surface area contributed by atoms with Crippen LogP contribution in [0.25, 0.3) is 0 Å². The molecule has 5 nitrogen and oxygen atoms in total. The number of carbonyl (C=O) groups is 2. The number of nitrogens with zero attached hydrogens (tertiary/aromatic N) is 1. The van der Waals surface area contributed by atoms with Gasteiger partial charge in [-0.05, 0) is 29.9 Å². The Kier molecular flexibility index (Phi) is 5.33. The summed E-state index contributed by atoms with van der Waals surface area (Å²) in [6.07, 6.45) is 1.94. The average molecular weight is 289 g/mol. The fraction of sp³-hybridized carbons (Fsp3) is 0.500. The van der Waals surface area contributed by atoms with E-state index in [4.69, 9.17) is 5.73 Å². The third kappa shape index (κ3) is 4.29. The number of carbonyl (C=O) groups excluding carboxylic acids is 2. The number of nitrogens with two attached hydrogens (primary N) is 1. The van der Waals surface area contributed by atoms with Gasteiger partial charge in [0.2, 0.25) is 0 Å². The summed E-state index contributed by atoms with van der Waals surface area (Å²) in [4.78, 5) is 25.6. The highest BCUT2D eigenvalue weighted by Crippen LogP contribution is 2.15. The first-order valence-electron chi connectivity index (χ1n) is 7.45. The van der Waals surface area contributed by atoms with Gasteiger partial charge in [-0.15, -0.1) is 0 Å². The maximum atomic E-state index is 12.0. The van der Waals surface area contributed by atoms with Gasteiger partial charge in [0.25, 0.3) is 0 Å². The summed E-state index contributed by atoms with van der Waals surface area (Å²) in [5.41, 5.74) is 7.55. The summed E-state index contributed by atoms with van der Waals surface area (Å²) in [5.74, 6) is -0.310. The van der Waals surface area contributed by atoms with E-state index in [2.05, 4.69) is 12.2 Å². The maximum Gasteiger partial charge on any atom is 0.311 e. The normalized spacial score (nSPS) is 15.8. The first-order valence-corrected chi connectivity index (χ1v) is 7.45. The van der Waals surface area contributed by atoms with Crippen molar-refractivity contribution in [2.75, 3.05) is 13.1 Å². The van der Waals surface area contributed by atoms with Gasteiger partial charge in [-0.3, -0.25) is 9.59 Å². The van der Waals surface area contributed by atoms with Crippen LogP contribution in [0.4, 0.5) is 0 Å². The van der Waals surface area contributed by atoms with Crippen molar-refractivity contribution in [1.82, 2.24) is 10.2 Å². The molecule has 0 bridgehead atoms. The minimum atomic E-state index is -0.525. The van der Waals surface area contributed by atoms with E-state index in [1.807, 2.05) is 24.3 Å². The Morgan fingerprint density at radius 3 is 2.62 bits per heavy atom. The minimum absolute atomic E-state index is 0.350. The summed E-state index contributed by atoms with van der Waals surface area (Å²) < 4.78 is 0. The molecule has 1 aliphatic rings. The van der Waals surface area contributed by atoms with Gasteiger partial charge in [0, 0.05) is 26.2 Å². The number of benzene rings is 1. The number of hydrogen-bond acceptors (Lipinski definition) is 3. The lowest BCUT2D eigenvalue weighted by Crippen LogP contribution is -2.46. The van der Waals surface area contributed by atoms with Crippen molar-refractivity contribution in [3.05, 3.63) is 35.4 Å². The molecule has 114 valence electrons. The standard InChI is InChI=1S/C16H23N3O2/c1-12-5-7-19(8-6-12)16(21)15(20)18-11-14-4-2-3-13(9-14)10-17/h2-4,9,12H,5-8,10-11,17H2,1H3,(H,18,20). The fourth-order valence-corrected chi connectivity index (χ4v) is 2.48. The maximum absolute atomic E-state index is 12.0. The van der Waals surface area contributed by atoms with Crippen LogP contribution >= 0.6 is 0 Å². The third-order valence-electron chi connectivity index (χ3n) is 3.95. The molecule has 3 N–H and O–H groups in total. The molecule has 0 aromatic heterocycles. The molecule has 2 amide bonds. The van der Waals surface area contributed by atoms with Crippen molar-refractivity contribution in [3.8, 4) is 0 Å². The smallest absolute Gasteiger partial charge is 0.311 e. The van der Waals surface area contributed by atoms with E-state index in [0.29, 0.717) is 32.1 Å². The summed E-state index contributed by atoms with van der Waals surface area (Å²) in [6, 6.07) is 7.68. The number of likely N-dealkylation sites (tertiary alicyclic amines) is 1. The molecule has 0 aliphatic carbocycles. The van der Waals surface area contributed by atoms with E-state index in [1.165, 1.54) is 0 Å². The molecular weight excluding hydrogens is 266 g/mol. The molecule has 1 heterocycles. The zero-order chi connectivity index (χ0) is 15.2. The van der Waals surface area contributed by atoms with E-state index in [-0.39, 0.29) is 0 Å². The second kappa shape index (κ2) is 7.22. The zero-order valence-corrected chi connectivity index (χ0v) is 12.5. The van der Waals surface area contributed by atoms with Crippen LogP contribution in [-0.2, 0) is 22.7 Å². The molecule has 1 aromatic carbocycles. The van der Waals surface area contributed by atoms with Crippen LogP contribution in [0, 0.1) is 5.92 Å².